The van der Waals surface area contributed by atoms with Gasteiger partial charge in [-0.2, -0.15) is 5.26 Å². The van der Waals surface area contributed by atoms with Crippen molar-refractivity contribution >= 4 is 51.2 Å². The van der Waals surface area contributed by atoms with E-state index in [4.69, 9.17) is 25.8 Å². The molecule has 0 aromatic heterocycles. The highest BCUT2D eigenvalue weighted by Crippen LogP contribution is 2.29. The lowest BCUT2D eigenvalue weighted by molar-refractivity contribution is -0.145. The summed E-state index contributed by atoms with van der Waals surface area (Å²) in [6.45, 7) is 1.75. The van der Waals surface area contributed by atoms with Crippen molar-refractivity contribution < 1.29 is 23.8 Å². The summed E-state index contributed by atoms with van der Waals surface area (Å²) in [5.41, 5.74) is 0.805. The molecule has 0 aliphatic rings. The number of nitrogens with one attached hydrogen (secondary N) is 1. The van der Waals surface area contributed by atoms with Gasteiger partial charge in [0.1, 0.15) is 23.1 Å². The Labute approximate surface area is 187 Å². The average molecular weight is 494 g/mol. The SMILES string of the molecule is CCOC(=O)COc1ccc(/C=C(\C#N)C(=O)Nc2cc(Cl)ccc2OC)cc1Br. The fraction of sp³-hybridized carbons (Fsp3) is 0.190. The molecule has 1 N–H and O–H groups in total. The molecule has 0 saturated carbocycles. The van der Waals surface area contributed by atoms with Crippen molar-refractivity contribution in [2.45, 2.75) is 6.92 Å². The van der Waals surface area contributed by atoms with Gasteiger partial charge in [-0.1, -0.05) is 17.7 Å². The number of esters is 1. The van der Waals surface area contributed by atoms with Crippen LogP contribution in [0.2, 0.25) is 5.02 Å². The Morgan fingerprint density at radius 3 is 2.60 bits per heavy atom. The quantitative estimate of drug-likeness (QED) is 0.328. The van der Waals surface area contributed by atoms with Gasteiger partial charge in [0.05, 0.1) is 23.9 Å². The molecule has 0 bridgehead atoms. The van der Waals surface area contributed by atoms with E-state index >= 15 is 0 Å². The third-order valence-corrected chi connectivity index (χ3v) is 4.55. The predicted molar refractivity (Wildman–Crippen MR) is 116 cm³/mol. The van der Waals surface area contributed by atoms with Gasteiger partial charge in [0.2, 0.25) is 0 Å². The number of rotatable bonds is 8. The van der Waals surface area contributed by atoms with Crippen molar-refractivity contribution in [1.82, 2.24) is 0 Å². The topological polar surface area (TPSA) is 97.7 Å². The number of halogens is 2. The molecule has 0 fully saturated rings. The molecule has 0 radical (unpaired) electrons. The number of nitriles is 1. The van der Waals surface area contributed by atoms with Crippen molar-refractivity contribution in [2.75, 3.05) is 25.6 Å². The van der Waals surface area contributed by atoms with Gasteiger partial charge in [-0.05, 0) is 64.8 Å². The molecule has 0 saturated heterocycles. The summed E-state index contributed by atoms with van der Waals surface area (Å²) in [6, 6.07) is 11.6. The number of anilines is 1. The van der Waals surface area contributed by atoms with Crippen LogP contribution in [0.25, 0.3) is 6.08 Å². The lowest BCUT2D eigenvalue weighted by Crippen LogP contribution is -2.15. The molecule has 7 nitrogen and oxygen atoms in total. The Morgan fingerprint density at radius 1 is 1.23 bits per heavy atom. The molecule has 156 valence electrons. The van der Waals surface area contributed by atoms with Crippen LogP contribution in [0.3, 0.4) is 0 Å². The Hall–Kier alpha value is -3.02. The lowest BCUT2D eigenvalue weighted by Gasteiger charge is -2.10. The molecule has 0 atom stereocenters. The van der Waals surface area contributed by atoms with Crippen LogP contribution in [-0.2, 0) is 14.3 Å². The highest BCUT2D eigenvalue weighted by Gasteiger charge is 2.14. The number of ether oxygens (including phenoxy) is 3. The Morgan fingerprint density at radius 2 is 1.97 bits per heavy atom. The maximum Gasteiger partial charge on any atom is 0.344 e. The fourth-order valence-electron chi connectivity index (χ4n) is 2.35. The standard InChI is InChI=1S/C21H18BrClN2O5/c1-3-29-20(26)12-30-18-6-4-13(9-16(18)22)8-14(11-24)21(27)25-17-10-15(23)5-7-19(17)28-2/h4-10H,3,12H2,1-2H3,(H,25,27)/b14-8+. The first kappa shape index (κ1) is 23.3. The lowest BCUT2D eigenvalue weighted by atomic mass is 10.1. The average Bonchev–Trinajstić information content (AvgIpc) is 2.71. The molecule has 0 aliphatic carbocycles. The Kier molecular flexibility index (Phi) is 8.71. The molecule has 0 aliphatic heterocycles. The largest absolute Gasteiger partial charge is 0.495 e. The number of methoxy groups -OCH3 is 1. The van der Waals surface area contributed by atoms with E-state index in [1.807, 2.05) is 6.07 Å². The number of hydrogen-bond acceptors (Lipinski definition) is 6. The molecule has 0 heterocycles. The maximum atomic E-state index is 12.5. The zero-order valence-electron chi connectivity index (χ0n) is 16.2. The van der Waals surface area contributed by atoms with E-state index < -0.39 is 11.9 Å². The van der Waals surface area contributed by atoms with Crippen LogP contribution in [-0.4, -0.2) is 32.2 Å². The van der Waals surface area contributed by atoms with E-state index in [0.717, 1.165) is 0 Å². The summed E-state index contributed by atoms with van der Waals surface area (Å²) >= 11 is 9.31. The number of benzene rings is 2. The molecule has 9 heteroatoms. The minimum Gasteiger partial charge on any atom is -0.495 e. The normalized spacial score (nSPS) is 10.7. The molecule has 2 rings (SSSR count). The van der Waals surface area contributed by atoms with Crippen molar-refractivity contribution in [1.29, 1.82) is 5.26 Å². The van der Waals surface area contributed by atoms with Gasteiger partial charge >= 0.3 is 5.97 Å². The van der Waals surface area contributed by atoms with Crippen LogP contribution in [0.1, 0.15) is 12.5 Å². The second-order valence-electron chi connectivity index (χ2n) is 5.75. The number of carbonyl (C=O) groups excluding carboxylic acids is 2. The highest BCUT2D eigenvalue weighted by molar-refractivity contribution is 9.10. The molecule has 0 spiro atoms. The van der Waals surface area contributed by atoms with Crippen molar-refractivity contribution in [3.8, 4) is 17.6 Å². The van der Waals surface area contributed by atoms with Crippen LogP contribution in [0.4, 0.5) is 5.69 Å². The summed E-state index contributed by atoms with van der Waals surface area (Å²) < 4.78 is 15.9. The van der Waals surface area contributed by atoms with Gasteiger partial charge < -0.3 is 19.5 Å². The Bertz CT molecular complexity index is 1020. The van der Waals surface area contributed by atoms with Gasteiger partial charge in [0.15, 0.2) is 6.61 Å². The van der Waals surface area contributed by atoms with Crippen LogP contribution in [0.5, 0.6) is 11.5 Å². The smallest absolute Gasteiger partial charge is 0.344 e. The molecule has 0 unspecified atom stereocenters. The van der Waals surface area contributed by atoms with Gasteiger partial charge in [0.25, 0.3) is 5.91 Å². The number of nitrogens with zero attached hydrogens (tertiary/aromatic N) is 1. The van der Waals surface area contributed by atoms with E-state index in [0.29, 0.717) is 32.2 Å². The summed E-state index contributed by atoms with van der Waals surface area (Å²) in [5, 5.41) is 12.4. The summed E-state index contributed by atoms with van der Waals surface area (Å²) in [5.74, 6) is -0.257. The van der Waals surface area contributed by atoms with E-state index in [1.54, 1.807) is 37.3 Å². The second kappa shape index (κ2) is 11.2. The van der Waals surface area contributed by atoms with E-state index in [9.17, 15) is 14.9 Å². The van der Waals surface area contributed by atoms with E-state index in [-0.39, 0.29) is 18.8 Å². The monoisotopic (exact) mass is 492 g/mol. The summed E-state index contributed by atoms with van der Waals surface area (Å²) in [4.78, 5) is 23.9. The third-order valence-electron chi connectivity index (χ3n) is 3.69. The van der Waals surface area contributed by atoms with E-state index in [1.165, 1.54) is 19.3 Å². The molecular formula is C21H18BrClN2O5. The van der Waals surface area contributed by atoms with Gasteiger partial charge in [-0.25, -0.2) is 4.79 Å². The molecular weight excluding hydrogens is 476 g/mol. The highest BCUT2D eigenvalue weighted by atomic mass is 79.9. The molecule has 2 aromatic rings. The minimum atomic E-state index is -0.614. The molecule has 30 heavy (non-hydrogen) atoms. The number of amides is 1. The van der Waals surface area contributed by atoms with Crippen molar-refractivity contribution in [2.24, 2.45) is 0 Å². The summed E-state index contributed by atoms with van der Waals surface area (Å²) in [7, 11) is 1.46. The zero-order chi connectivity index (χ0) is 22.1. The molecule has 1 amide bonds. The predicted octanol–water partition coefficient (Wildman–Crippen LogP) is 4.60. The minimum absolute atomic E-state index is 0.121. The first-order valence-corrected chi connectivity index (χ1v) is 9.89. The molecule has 2 aromatic carbocycles. The third kappa shape index (κ3) is 6.51. The van der Waals surface area contributed by atoms with Gasteiger partial charge in [0, 0.05) is 5.02 Å². The van der Waals surface area contributed by atoms with E-state index in [2.05, 4.69) is 21.2 Å². The fourth-order valence-corrected chi connectivity index (χ4v) is 3.03. The van der Waals surface area contributed by atoms with Crippen LogP contribution in [0.15, 0.2) is 46.4 Å². The first-order valence-electron chi connectivity index (χ1n) is 8.72. The first-order chi connectivity index (χ1) is 14.4. The zero-order valence-corrected chi connectivity index (χ0v) is 18.5. The second-order valence-corrected chi connectivity index (χ2v) is 7.04. The number of carbonyl (C=O) groups is 2. The van der Waals surface area contributed by atoms with Crippen LogP contribution >= 0.6 is 27.5 Å². The van der Waals surface area contributed by atoms with Gasteiger partial charge in [-0.3, -0.25) is 4.79 Å². The maximum absolute atomic E-state index is 12.5. The van der Waals surface area contributed by atoms with Crippen LogP contribution in [0, 0.1) is 11.3 Å². The van der Waals surface area contributed by atoms with Crippen molar-refractivity contribution in [3.05, 3.63) is 57.0 Å². The number of hydrogen-bond donors (Lipinski definition) is 1. The van der Waals surface area contributed by atoms with Crippen LogP contribution < -0.4 is 14.8 Å². The summed E-state index contributed by atoms with van der Waals surface area (Å²) in [6.07, 6.45) is 1.42. The van der Waals surface area contributed by atoms with Crippen molar-refractivity contribution in [3.63, 3.8) is 0 Å². The Balaban J connectivity index is 2.16. The van der Waals surface area contributed by atoms with Gasteiger partial charge in [-0.15, -0.1) is 0 Å².